The minimum atomic E-state index is -2.91. The van der Waals surface area contributed by atoms with Crippen molar-refractivity contribution in [2.24, 2.45) is 0 Å². The minimum Gasteiger partial charge on any atom is -0.506 e. The molecule has 7 heteroatoms. The van der Waals surface area contributed by atoms with Crippen molar-refractivity contribution in [1.29, 1.82) is 0 Å². The third-order valence-corrected chi connectivity index (χ3v) is 2.44. The molecule has 0 atom stereocenters. The van der Waals surface area contributed by atoms with Crippen LogP contribution in [0, 0.1) is 0 Å². The number of alkyl halides is 2. The van der Waals surface area contributed by atoms with Gasteiger partial charge in [0.1, 0.15) is 5.75 Å². The van der Waals surface area contributed by atoms with Gasteiger partial charge < -0.3 is 9.84 Å². The molecule has 0 aliphatic carbocycles. The van der Waals surface area contributed by atoms with Crippen LogP contribution in [-0.2, 0) is 4.74 Å². The number of aromatic nitrogens is 1. The molecule has 0 fully saturated rings. The van der Waals surface area contributed by atoms with Gasteiger partial charge in [-0.3, -0.25) is 0 Å². The summed E-state index contributed by atoms with van der Waals surface area (Å²) in [7, 11) is 1.10. The molecule has 0 unspecified atom stereocenters. The standard InChI is InChI=1S/C8H6BrF2NO3/c1-15-8(14)6-5(9)4(7(10)11)3(13)2-12-6/h2,7,13H,1H3. The maximum atomic E-state index is 12.5. The van der Waals surface area contributed by atoms with E-state index in [1.165, 1.54) is 0 Å². The van der Waals surface area contributed by atoms with Gasteiger partial charge in [0.25, 0.3) is 6.43 Å². The molecule has 0 aliphatic rings. The molecule has 1 aromatic rings. The summed E-state index contributed by atoms with van der Waals surface area (Å²) in [6, 6.07) is 0. The smallest absolute Gasteiger partial charge is 0.357 e. The Bertz CT molecular complexity index is 398. The number of esters is 1. The van der Waals surface area contributed by atoms with E-state index < -0.39 is 23.7 Å². The van der Waals surface area contributed by atoms with Crippen LogP contribution in [0.3, 0.4) is 0 Å². The van der Waals surface area contributed by atoms with E-state index in [0.29, 0.717) is 0 Å². The first kappa shape index (κ1) is 11.8. The predicted molar refractivity (Wildman–Crippen MR) is 49.9 cm³/mol. The van der Waals surface area contributed by atoms with E-state index in [4.69, 9.17) is 5.11 Å². The van der Waals surface area contributed by atoms with Gasteiger partial charge in [-0.25, -0.2) is 18.6 Å². The second-order valence-corrected chi connectivity index (χ2v) is 3.30. The van der Waals surface area contributed by atoms with Crippen molar-refractivity contribution < 1.29 is 23.4 Å². The molecule has 1 N–H and O–H groups in total. The summed E-state index contributed by atoms with van der Waals surface area (Å²) in [4.78, 5) is 14.6. The third kappa shape index (κ3) is 2.23. The van der Waals surface area contributed by atoms with Crippen LogP contribution in [0.1, 0.15) is 22.5 Å². The molecule has 82 valence electrons. The Morgan fingerprint density at radius 3 is 2.73 bits per heavy atom. The number of hydrogen-bond donors (Lipinski definition) is 1. The van der Waals surface area contributed by atoms with Crippen LogP contribution in [0.5, 0.6) is 5.75 Å². The van der Waals surface area contributed by atoms with E-state index in [9.17, 15) is 13.6 Å². The number of aromatic hydroxyl groups is 1. The van der Waals surface area contributed by atoms with Crippen molar-refractivity contribution in [3.8, 4) is 5.75 Å². The summed E-state index contributed by atoms with van der Waals surface area (Å²) in [6.45, 7) is 0. The molecule has 0 radical (unpaired) electrons. The van der Waals surface area contributed by atoms with Crippen molar-refractivity contribution in [3.63, 3.8) is 0 Å². The number of halogens is 3. The van der Waals surface area contributed by atoms with Gasteiger partial charge in [-0.15, -0.1) is 0 Å². The molecular weight excluding hydrogens is 276 g/mol. The van der Waals surface area contributed by atoms with Gasteiger partial charge in [0.05, 0.1) is 23.3 Å². The number of pyridine rings is 1. The summed E-state index contributed by atoms with van der Waals surface area (Å²) in [5.74, 6) is -1.53. The number of carbonyl (C=O) groups excluding carboxylic acids is 1. The number of methoxy groups -OCH3 is 1. The molecule has 0 bridgehead atoms. The average Bonchev–Trinajstić information content (AvgIpc) is 2.16. The molecule has 1 aromatic heterocycles. The molecule has 0 spiro atoms. The zero-order chi connectivity index (χ0) is 11.6. The van der Waals surface area contributed by atoms with Gasteiger partial charge in [-0.2, -0.15) is 0 Å². The van der Waals surface area contributed by atoms with Crippen LogP contribution in [-0.4, -0.2) is 23.2 Å². The Kier molecular flexibility index (Phi) is 3.57. The van der Waals surface area contributed by atoms with E-state index in [-0.39, 0.29) is 10.2 Å². The molecule has 0 saturated carbocycles. The molecule has 0 saturated heterocycles. The fourth-order valence-electron chi connectivity index (χ4n) is 0.938. The number of hydrogen-bond acceptors (Lipinski definition) is 4. The van der Waals surface area contributed by atoms with E-state index in [1.54, 1.807) is 0 Å². The van der Waals surface area contributed by atoms with Gasteiger partial charge in [0.2, 0.25) is 0 Å². The van der Waals surface area contributed by atoms with Crippen molar-refractivity contribution in [2.75, 3.05) is 7.11 Å². The zero-order valence-electron chi connectivity index (χ0n) is 7.50. The lowest BCUT2D eigenvalue weighted by atomic mass is 10.2. The predicted octanol–water partition coefficient (Wildman–Crippen LogP) is 2.27. The molecule has 0 aromatic carbocycles. The maximum Gasteiger partial charge on any atom is 0.357 e. The molecule has 0 aliphatic heterocycles. The molecule has 0 amide bonds. The van der Waals surface area contributed by atoms with Crippen LogP contribution < -0.4 is 0 Å². The fraction of sp³-hybridized carbons (Fsp3) is 0.250. The van der Waals surface area contributed by atoms with Gasteiger partial charge in [-0.05, 0) is 15.9 Å². The Hall–Kier alpha value is -1.24. The largest absolute Gasteiger partial charge is 0.506 e. The second-order valence-electron chi connectivity index (χ2n) is 2.51. The fourth-order valence-corrected chi connectivity index (χ4v) is 1.58. The zero-order valence-corrected chi connectivity index (χ0v) is 9.09. The lowest BCUT2D eigenvalue weighted by Gasteiger charge is -2.08. The lowest BCUT2D eigenvalue weighted by molar-refractivity contribution is 0.0592. The van der Waals surface area contributed by atoms with Crippen molar-refractivity contribution in [3.05, 3.63) is 21.9 Å². The summed E-state index contributed by atoms with van der Waals surface area (Å²) in [5.41, 5.74) is -0.976. The Balaban J connectivity index is 3.35. The molecule has 4 nitrogen and oxygen atoms in total. The highest BCUT2D eigenvalue weighted by Gasteiger charge is 2.23. The Morgan fingerprint density at radius 2 is 2.27 bits per heavy atom. The molecule has 1 heterocycles. The third-order valence-electron chi connectivity index (χ3n) is 1.63. The summed E-state index contributed by atoms with van der Waals surface area (Å²) in [6.07, 6.45) is -2.14. The number of ether oxygens (including phenoxy) is 1. The number of carbonyl (C=O) groups is 1. The first-order valence-electron chi connectivity index (χ1n) is 3.72. The highest BCUT2D eigenvalue weighted by Crippen LogP contribution is 2.35. The monoisotopic (exact) mass is 281 g/mol. The second kappa shape index (κ2) is 4.52. The van der Waals surface area contributed by atoms with E-state index in [2.05, 4.69) is 25.7 Å². The van der Waals surface area contributed by atoms with Crippen LogP contribution in [0.2, 0.25) is 0 Å². The molecular formula is C8H6BrF2NO3. The number of rotatable bonds is 2. The van der Waals surface area contributed by atoms with E-state index in [0.717, 1.165) is 13.3 Å². The van der Waals surface area contributed by atoms with E-state index >= 15 is 0 Å². The SMILES string of the molecule is COC(=O)c1ncc(O)c(C(F)F)c1Br. The van der Waals surface area contributed by atoms with E-state index in [1.807, 2.05) is 0 Å². The topological polar surface area (TPSA) is 59.4 Å². The summed E-state index contributed by atoms with van der Waals surface area (Å²) in [5, 5.41) is 9.12. The minimum absolute atomic E-state index is 0.260. The van der Waals surface area contributed by atoms with Crippen molar-refractivity contribution in [2.45, 2.75) is 6.43 Å². The Labute approximate surface area is 92.0 Å². The summed E-state index contributed by atoms with van der Waals surface area (Å²) >= 11 is 2.77. The van der Waals surface area contributed by atoms with Crippen LogP contribution >= 0.6 is 15.9 Å². The van der Waals surface area contributed by atoms with Crippen molar-refractivity contribution >= 4 is 21.9 Å². The lowest BCUT2D eigenvalue weighted by Crippen LogP contribution is -2.07. The maximum absolute atomic E-state index is 12.5. The van der Waals surface area contributed by atoms with Crippen LogP contribution in [0.4, 0.5) is 8.78 Å². The number of nitrogens with zero attached hydrogens (tertiary/aromatic N) is 1. The summed E-state index contributed by atoms with van der Waals surface area (Å²) < 4.78 is 29.0. The highest BCUT2D eigenvalue weighted by molar-refractivity contribution is 9.10. The van der Waals surface area contributed by atoms with Gasteiger partial charge >= 0.3 is 5.97 Å². The first-order valence-corrected chi connectivity index (χ1v) is 4.52. The van der Waals surface area contributed by atoms with Crippen LogP contribution in [0.15, 0.2) is 10.7 Å². The van der Waals surface area contributed by atoms with Crippen LogP contribution in [0.25, 0.3) is 0 Å². The Morgan fingerprint density at radius 1 is 1.67 bits per heavy atom. The van der Waals surface area contributed by atoms with Gasteiger partial charge in [-0.1, -0.05) is 0 Å². The molecule has 1 rings (SSSR count). The van der Waals surface area contributed by atoms with Gasteiger partial charge in [0, 0.05) is 0 Å². The highest BCUT2D eigenvalue weighted by atomic mass is 79.9. The quantitative estimate of drug-likeness (QED) is 0.845. The molecule has 15 heavy (non-hydrogen) atoms. The van der Waals surface area contributed by atoms with Crippen molar-refractivity contribution in [1.82, 2.24) is 4.98 Å². The first-order chi connectivity index (χ1) is 6.99. The average molecular weight is 282 g/mol. The normalized spacial score (nSPS) is 10.5. The van der Waals surface area contributed by atoms with Gasteiger partial charge in [0.15, 0.2) is 5.69 Å².